The smallest absolute Gasteiger partial charge is 0.123 e. The topological polar surface area (TPSA) is 33.7 Å². The van der Waals surface area contributed by atoms with Gasteiger partial charge in [-0.3, -0.25) is 4.90 Å². The number of benzene rings is 1. The molecule has 1 saturated heterocycles. The molecule has 1 aliphatic heterocycles. The van der Waals surface area contributed by atoms with Gasteiger partial charge in [0.05, 0.1) is 20.3 Å². The Morgan fingerprint density at radius 2 is 2.11 bits per heavy atom. The monoisotopic (exact) mass is 264 g/mol. The molecule has 1 aromatic carbocycles. The van der Waals surface area contributed by atoms with Gasteiger partial charge < -0.3 is 14.8 Å². The van der Waals surface area contributed by atoms with Gasteiger partial charge >= 0.3 is 0 Å². The summed E-state index contributed by atoms with van der Waals surface area (Å²) in [5, 5.41) is 3.28. The highest BCUT2D eigenvalue weighted by Crippen LogP contribution is 2.24. The molecule has 1 N–H and O–H groups in total. The van der Waals surface area contributed by atoms with Gasteiger partial charge in [0.2, 0.25) is 0 Å². The maximum atomic E-state index is 5.48. The Morgan fingerprint density at radius 1 is 1.37 bits per heavy atom. The van der Waals surface area contributed by atoms with Crippen LogP contribution in [0.3, 0.4) is 0 Å². The molecule has 0 bridgehead atoms. The predicted octanol–water partition coefficient (Wildman–Crippen LogP) is 1.81. The average molecular weight is 264 g/mol. The molecule has 1 unspecified atom stereocenters. The van der Waals surface area contributed by atoms with Gasteiger partial charge in [-0.25, -0.2) is 0 Å². The minimum Gasteiger partial charge on any atom is -0.496 e. The van der Waals surface area contributed by atoms with Crippen LogP contribution in [0.5, 0.6) is 5.75 Å². The van der Waals surface area contributed by atoms with Crippen molar-refractivity contribution in [1.29, 1.82) is 0 Å². The van der Waals surface area contributed by atoms with E-state index in [-0.39, 0.29) is 0 Å². The van der Waals surface area contributed by atoms with E-state index in [9.17, 15) is 0 Å². The zero-order valence-electron chi connectivity index (χ0n) is 12.1. The highest BCUT2D eigenvalue weighted by atomic mass is 16.5. The Morgan fingerprint density at radius 3 is 2.74 bits per heavy atom. The Hall–Kier alpha value is -1.10. The first-order chi connectivity index (χ1) is 9.24. The van der Waals surface area contributed by atoms with E-state index in [1.165, 1.54) is 11.1 Å². The Balaban J connectivity index is 2.15. The van der Waals surface area contributed by atoms with E-state index in [2.05, 4.69) is 35.3 Å². The SMILES string of the molecule is CNC(C)c1ccc(OC)c(CN2CCOCC2)c1. The molecule has 0 spiro atoms. The molecule has 0 saturated carbocycles. The van der Waals surface area contributed by atoms with Crippen LogP contribution >= 0.6 is 0 Å². The third-order valence-corrected chi connectivity index (χ3v) is 3.74. The number of rotatable bonds is 5. The molecule has 1 heterocycles. The van der Waals surface area contributed by atoms with Gasteiger partial charge in [0, 0.05) is 31.2 Å². The van der Waals surface area contributed by atoms with Crippen LogP contribution in [-0.2, 0) is 11.3 Å². The van der Waals surface area contributed by atoms with Gasteiger partial charge in [-0.1, -0.05) is 6.07 Å². The zero-order valence-corrected chi connectivity index (χ0v) is 12.1. The lowest BCUT2D eigenvalue weighted by molar-refractivity contribution is 0.0338. The van der Waals surface area contributed by atoms with E-state index in [1.807, 2.05) is 7.05 Å². The number of ether oxygens (including phenoxy) is 2. The summed E-state index contributed by atoms with van der Waals surface area (Å²) in [5.41, 5.74) is 2.55. The first-order valence-corrected chi connectivity index (χ1v) is 6.88. The van der Waals surface area contributed by atoms with Crippen LogP contribution in [-0.4, -0.2) is 45.4 Å². The van der Waals surface area contributed by atoms with E-state index in [0.717, 1.165) is 38.6 Å². The minimum atomic E-state index is 0.356. The van der Waals surface area contributed by atoms with Crippen molar-refractivity contribution in [2.75, 3.05) is 40.5 Å². The molecule has 4 nitrogen and oxygen atoms in total. The van der Waals surface area contributed by atoms with E-state index >= 15 is 0 Å². The van der Waals surface area contributed by atoms with Crippen LogP contribution in [0, 0.1) is 0 Å². The summed E-state index contributed by atoms with van der Waals surface area (Å²) in [4.78, 5) is 2.41. The van der Waals surface area contributed by atoms with E-state index in [1.54, 1.807) is 7.11 Å². The molecule has 0 radical (unpaired) electrons. The molecule has 19 heavy (non-hydrogen) atoms. The van der Waals surface area contributed by atoms with Crippen LogP contribution in [0.15, 0.2) is 18.2 Å². The van der Waals surface area contributed by atoms with E-state index in [4.69, 9.17) is 9.47 Å². The molecule has 1 aliphatic rings. The fourth-order valence-corrected chi connectivity index (χ4v) is 2.36. The highest BCUT2D eigenvalue weighted by Gasteiger charge is 2.14. The van der Waals surface area contributed by atoms with Gasteiger partial charge in [-0.2, -0.15) is 0 Å². The fourth-order valence-electron chi connectivity index (χ4n) is 2.36. The largest absolute Gasteiger partial charge is 0.496 e. The lowest BCUT2D eigenvalue weighted by Crippen LogP contribution is -2.35. The number of morpholine rings is 1. The molecular formula is C15H24N2O2. The first-order valence-electron chi connectivity index (χ1n) is 6.88. The number of hydrogen-bond acceptors (Lipinski definition) is 4. The molecule has 1 atom stereocenters. The minimum absolute atomic E-state index is 0.356. The molecule has 1 aromatic rings. The standard InChI is InChI=1S/C15H24N2O2/c1-12(16-2)13-4-5-15(18-3)14(10-13)11-17-6-8-19-9-7-17/h4-5,10,12,16H,6-9,11H2,1-3H3. The molecule has 106 valence electrons. The summed E-state index contributed by atoms with van der Waals surface area (Å²) in [5.74, 6) is 0.971. The van der Waals surface area contributed by atoms with Crippen LogP contribution in [0.25, 0.3) is 0 Å². The van der Waals surface area contributed by atoms with Gasteiger partial charge in [0.1, 0.15) is 5.75 Å². The number of methoxy groups -OCH3 is 1. The highest BCUT2D eigenvalue weighted by molar-refractivity contribution is 5.38. The summed E-state index contributed by atoms with van der Waals surface area (Å²) < 4.78 is 10.9. The van der Waals surface area contributed by atoms with Crippen LogP contribution in [0.2, 0.25) is 0 Å². The number of nitrogens with zero attached hydrogens (tertiary/aromatic N) is 1. The molecule has 0 aliphatic carbocycles. The number of hydrogen-bond donors (Lipinski definition) is 1. The normalized spacial score (nSPS) is 18.3. The van der Waals surface area contributed by atoms with Gasteiger partial charge in [0.25, 0.3) is 0 Å². The lowest BCUT2D eigenvalue weighted by Gasteiger charge is -2.27. The third kappa shape index (κ3) is 3.69. The van der Waals surface area contributed by atoms with Crippen molar-refractivity contribution in [3.8, 4) is 5.75 Å². The number of nitrogens with one attached hydrogen (secondary N) is 1. The van der Waals surface area contributed by atoms with E-state index in [0.29, 0.717) is 6.04 Å². The van der Waals surface area contributed by atoms with Crippen molar-refractivity contribution in [1.82, 2.24) is 10.2 Å². The van der Waals surface area contributed by atoms with Crippen molar-refractivity contribution in [3.63, 3.8) is 0 Å². The van der Waals surface area contributed by atoms with Gasteiger partial charge in [0.15, 0.2) is 0 Å². The second-order valence-corrected chi connectivity index (χ2v) is 4.97. The quantitative estimate of drug-likeness (QED) is 0.879. The summed E-state index contributed by atoms with van der Waals surface area (Å²) in [6.07, 6.45) is 0. The van der Waals surface area contributed by atoms with Gasteiger partial charge in [-0.05, 0) is 31.7 Å². The Bertz CT molecular complexity index is 403. The zero-order chi connectivity index (χ0) is 13.7. The Labute approximate surface area is 115 Å². The van der Waals surface area contributed by atoms with Crippen molar-refractivity contribution in [2.24, 2.45) is 0 Å². The molecule has 4 heteroatoms. The van der Waals surface area contributed by atoms with Crippen LogP contribution in [0.4, 0.5) is 0 Å². The second-order valence-electron chi connectivity index (χ2n) is 4.97. The Kier molecular flexibility index (Phi) is 5.19. The molecule has 1 fully saturated rings. The van der Waals surface area contributed by atoms with Gasteiger partial charge in [-0.15, -0.1) is 0 Å². The second kappa shape index (κ2) is 6.89. The van der Waals surface area contributed by atoms with Crippen molar-refractivity contribution in [3.05, 3.63) is 29.3 Å². The maximum Gasteiger partial charge on any atom is 0.123 e. The van der Waals surface area contributed by atoms with Crippen LogP contribution in [0.1, 0.15) is 24.1 Å². The van der Waals surface area contributed by atoms with E-state index < -0.39 is 0 Å². The molecule has 0 aromatic heterocycles. The fraction of sp³-hybridized carbons (Fsp3) is 0.600. The lowest BCUT2D eigenvalue weighted by atomic mass is 10.0. The summed E-state index contributed by atoms with van der Waals surface area (Å²) in [6.45, 7) is 6.74. The predicted molar refractivity (Wildman–Crippen MR) is 76.6 cm³/mol. The average Bonchev–Trinajstić information content (AvgIpc) is 2.47. The molecule has 0 amide bonds. The van der Waals surface area contributed by atoms with Crippen molar-refractivity contribution >= 4 is 0 Å². The maximum absolute atomic E-state index is 5.48. The molecule has 2 rings (SSSR count). The summed E-state index contributed by atoms with van der Waals surface area (Å²) >= 11 is 0. The van der Waals surface area contributed by atoms with Crippen LogP contribution < -0.4 is 10.1 Å². The summed E-state index contributed by atoms with van der Waals surface area (Å²) in [7, 11) is 3.72. The third-order valence-electron chi connectivity index (χ3n) is 3.74. The first kappa shape index (κ1) is 14.3. The van der Waals surface area contributed by atoms with Crippen molar-refractivity contribution in [2.45, 2.75) is 19.5 Å². The molecular weight excluding hydrogens is 240 g/mol. The summed E-state index contributed by atoms with van der Waals surface area (Å²) in [6, 6.07) is 6.80. The van der Waals surface area contributed by atoms with Crippen molar-refractivity contribution < 1.29 is 9.47 Å².